The van der Waals surface area contributed by atoms with Gasteiger partial charge in [0.2, 0.25) is 0 Å². The van der Waals surface area contributed by atoms with Crippen molar-refractivity contribution in [1.29, 1.82) is 5.26 Å². The number of nitrogens with zero attached hydrogens (tertiary/aromatic N) is 3. The minimum atomic E-state index is -0.252. The van der Waals surface area contributed by atoms with Crippen LogP contribution in [0.4, 0.5) is 10.7 Å². The van der Waals surface area contributed by atoms with Gasteiger partial charge in [-0.15, -0.1) is 0 Å². The third-order valence-corrected chi connectivity index (χ3v) is 5.75. The molecule has 4 rings (SSSR count). The van der Waals surface area contributed by atoms with E-state index in [9.17, 15) is 10.1 Å². The first-order valence-corrected chi connectivity index (χ1v) is 10.4. The highest BCUT2D eigenvalue weighted by Gasteiger charge is 2.24. The number of nitrogens with one attached hydrogen (secondary N) is 2. The quantitative estimate of drug-likeness (QED) is 0.649. The molecule has 6 nitrogen and oxygen atoms in total. The molecule has 0 aliphatic carbocycles. The molecule has 3 aromatic rings. The van der Waals surface area contributed by atoms with E-state index in [0.717, 1.165) is 30.4 Å². The van der Waals surface area contributed by atoms with Gasteiger partial charge in [0.25, 0.3) is 5.56 Å². The van der Waals surface area contributed by atoms with Crippen molar-refractivity contribution in [3.63, 3.8) is 0 Å². The third-order valence-electron chi connectivity index (χ3n) is 4.28. The predicted octanol–water partition coefficient (Wildman–Crippen LogP) is 4.68. The van der Waals surface area contributed by atoms with Gasteiger partial charge in [0, 0.05) is 18.1 Å². The number of fused-ring (bicyclic) bond motifs is 1. The summed E-state index contributed by atoms with van der Waals surface area (Å²) in [5.41, 5.74) is 1.31. The van der Waals surface area contributed by atoms with Gasteiger partial charge in [-0.3, -0.25) is 13.7 Å². The number of rotatable bonds is 3. The molecule has 1 saturated heterocycles. The Hall–Kier alpha value is -2.40. The molecule has 8 heteroatoms. The minimum Gasteiger partial charge on any atom is -0.343 e. The van der Waals surface area contributed by atoms with E-state index < -0.39 is 0 Å². The standard InChI is InChI=1S/C17H14ClN5OS.C3H8/c18-13-3-4-14-11(2-1-6-21-14)15(13)22-16-12(8-19)17(24)23(25-16)10-5-7-20-9-10;1-3-2/h1-4,6,10,20,22H,5,7,9H2;3H2,1-2H3. The lowest BCUT2D eigenvalue weighted by molar-refractivity contribution is 0.574. The van der Waals surface area contributed by atoms with Crippen molar-refractivity contribution in [3.8, 4) is 6.07 Å². The summed E-state index contributed by atoms with van der Waals surface area (Å²) in [6.45, 7) is 5.87. The second-order valence-electron chi connectivity index (χ2n) is 6.51. The van der Waals surface area contributed by atoms with E-state index in [2.05, 4.69) is 29.5 Å². The highest BCUT2D eigenvalue weighted by molar-refractivity contribution is 7.11. The molecule has 0 spiro atoms. The molecule has 28 heavy (non-hydrogen) atoms. The van der Waals surface area contributed by atoms with Gasteiger partial charge in [-0.2, -0.15) is 5.26 Å². The summed E-state index contributed by atoms with van der Waals surface area (Å²) < 4.78 is 1.68. The van der Waals surface area contributed by atoms with Crippen molar-refractivity contribution in [3.05, 3.63) is 51.4 Å². The summed E-state index contributed by atoms with van der Waals surface area (Å²) in [6.07, 6.45) is 3.84. The Kier molecular flexibility index (Phi) is 6.68. The molecular formula is C20H22ClN5OS. The average molecular weight is 416 g/mol. The van der Waals surface area contributed by atoms with Crippen LogP contribution in [0.3, 0.4) is 0 Å². The van der Waals surface area contributed by atoms with Gasteiger partial charge in [0.05, 0.1) is 22.3 Å². The Labute approximate surface area is 172 Å². The normalized spacial score (nSPS) is 15.7. The Bertz CT molecular complexity index is 1060. The van der Waals surface area contributed by atoms with Crippen molar-refractivity contribution in [2.75, 3.05) is 18.4 Å². The van der Waals surface area contributed by atoms with Gasteiger partial charge in [-0.05, 0) is 48.8 Å². The van der Waals surface area contributed by atoms with E-state index in [1.54, 1.807) is 16.2 Å². The summed E-state index contributed by atoms with van der Waals surface area (Å²) in [7, 11) is 0. The van der Waals surface area contributed by atoms with Crippen LogP contribution in [0.1, 0.15) is 38.3 Å². The maximum Gasteiger partial charge on any atom is 0.281 e. The Balaban J connectivity index is 0.000000706. The van der Waals surface area contributed by atoms with Crippen molar-refractivity contribution < 1.29 is 0 Å². The Morgan fingerprint density at radius 1 is 1.43 bits per heavy atom. The molecule has 0 amide bonds. The molecule has 1 atom stereocenters. The molecule has 3 heterocycles. The molecule has 0 radical (unpaired) electrons. The van der Waals surface area contributed by atoms with Crippen LogP contribution in [-0.2, 0) is 0 Å². The molecule has 2 aromatic heterocycles. The first-order chi connectivity index (χ1) is 13.6. The predicted molar refractivity (Wildman–Crippen MR) is 116 cm³/mol. The highest BCUT2D eigenvalue weighted by Crippen LogP contribution is 2.35. The second kappa shape index (κ2) is 9.20. The van der Waals surface area contributed by atoms with Gasteiger partial charge < -0.3 is 10.6 Å². The molecule has 1 unspecified atom stereocenters. The van der Waals surface area contributed by atoms with Crippen LogP contribution in [0.5, 0.6) is 0 Å². The third kappa shape index (κ3) is 4.04. The van der Waals surface area contributed by atoms with Crippen LogP contribution in [0, 0.1) is 11.3 Å². The number of hydrogen-bond donors (Lipinski definition) is 2. The maximum absolute atomic E-state index is 12.6. The molecule has 0 bridgehead atoms. The monoisotopic (exact) mass is 415 g/mol. The Morgan fingerprint density at radius 3 is 2.89 bits per heavy atom. The largest absolute Gasteiger partial charge is 0.343 e. The number of pyridine rings is 1. The smallest absolute Gasteiger partial charge is 0.281 e. The average Bonchev–Trinajstić information content (AvgIpc) is 3.32. The SMILES string of the molecule is CCC.N#Cc1c(Nc2c(Cl)ccc3ncccc23)sn(C2CCNC2)c1=O. The van der Waals surface area contributed by atoms with Crippen LogP contribution in [0.15, 0.2) is 35.3 Å². The van der Waals surface area contributed by atoms with Gasteiger partial charge in [0.1, 0.15) is 11.1 Å². The summed E-state index contributed by atoms with van der Waals surface area (Å²) >= 11 is 7.63. The summed E-state index contributed by atoms with van der Waals surface area (Å²) in [5, 5.41) is 17.8. The van der Waals surface area contributed by atoms with Crippen molar-refractivity contribution in [2.45, 2.75) is 32.7 Å². The molecule has 1 fully saturated rings. The molecular weight excluding hydrogens is 394 g/mol. The van der Waals surface area contributed by atoms with E-state index in [0.29, 0.717) is 15.7 Å². The lowest BCUT2D eigenvalue weighted by Gasteiger charge is -2.10. The topological polar surface area (TPSA) is 82.7 Å². The summed E-state index contributed by atoms with van der Waals surface area (Å²) in [5.74, 6) is 0. The van der Waals surface area contributed by atoms with Crippen molar-refractivity contribution >= 4 is 44.7 Å². The molecule has 1 aliphatic heterocycles. The lowest BCUT2D eigenvalue weighted by atomic mass is 10.2. The zero-order valence-electron chi connectivity index (χ0n) is 15.8. The van der Waals surface area contributed by atoms with E-state index in [1.807, 2.05) is 24.3 Å². The lowest BCUT2D eigenvalue weighted by Crippen LogP contribution is -2.22. The van der Waals surface area contributed by atoms with E-state index in [1.165, 1.54) is 18.0 Å². The number of anilines is 2. The fourth-order valence-corrected chi connectivity index (χ4v) is 4.31. The molecule has 2 N–H and O–H groups in total. The highest BCUT2D eigenvalue weighted by atomic mass is 35.5. The molecule has 146 valence electrons. The van der Waals surface area contributed by atoms with E-state index in [4.69, 9.17) is 11.6 Å². The molecule has 1 aromatic carbocycles. The second-order valence-corrected chi connectivity index (χ2v) is 7.90. The fourth-order valence-electron chi connectivity index (χ4n) is 3.02. The Morgan fingerprint density at radius 2 is 2.21 bits per heavy atom. The van der Waals surface area contributed by atoms with Crippen LogP contribution in [0.2, 0.25) is 5.02 Å². The minimum absolute atomic E-state index is 0.0878. The van der Waals surface area contributed by atoms with Crippen LogP contribution in [0.25, 0.3) is 10.9 Å². The number of benzene rings is 1. The zero-order valence-corrected chi connectivity index (χ0v) is 17.4. The van der Waals surface area contributed by atoms with E-state index in [-0.39, 0.29) is 17.2 Å². The summed E-state index contributed by atoms with van der Waals surface area (Å²) in [6, 6.07) is 9.45. The van der Waals surface area contributed by atoms with Crippen molar-refractivity contribution in [1.82, 2.24) is 14.3 Å². The van der Waals surface area contributed by atoms with Gasteiger partial charge >= 0.3 is 0 Å². The van der Waals surface area contributed by atoms with E-state index >= 15 is 0 Å². The number of halogens is 1. The first kappa shape index (κ1) is 20.3. The number of aromatic nitrogens is 2. The molecule has 0 saturated carbocycles. The van der Waals surface area contributed by atoms with Gasteiger partial charge in [0.15, 0.2) is 5.56 Å². The van der Waals surface area contributed by atoms with Gasteiger partial charge in [-0.1, -0.05) is 31.9 Å². The molecule has 1 aliphatic rings. The maximum atomic E-state index is 12.6. The zero-order chi connectivity index (χ0) is 20.1. The number of hydrogen-bond acceptors (Lipinski definition) is 6. The summed E-state index contributed by atoms with van der Waals surface area (Å²) in [4.78, 5) is 16.9. The van der Waals surface area contributed by atoms with Crippen LogP contribution in [-0.4, -0.2) is 22.0 Å². The van der Waals surface area contributed by atoms with Crippen molar-refractivity contribution in [2.24, 2.45) is 0 Å². The first-order valence-electron chi connectivity index (χ1n) is 9.27. The van der Waals surface area contributed by atoms with Gasteiger partial charge in [-0.25, -0.2) is 0 Å². The fraction of sp³-hybridized carbons (Fsp3) is 0.350. The van der Waals surface area contributed by atoms with Crippen LogP contribution >= 0.6 is 23.1 Å². The van der Waals surface area contributed by atoms with Crippen LogP contribution < -0.4 is 16.2 Å². The number of nitriles is 1.